The van der Waals surface area contributed by atoms with Gasteiger partial charge in [-0.1, -0.05) is 20.3 Å². The SMILES string of the molecule is CC1(C)CCCC(Nc2cc(C(F)(F)F)nc(NN)n2)C1. The predicted octanol–water partition coefficient (Wildman–Crippen LogP) is 3.16. The first-order valence-electron chi connectivity index (χ1n) is 6.89. The highest BCUT2D eigenvalue weighted by Crippen LogP contribution is 2.36. The molecule has 1 aliphatic carbocycles. The number of aromatic nitrogens is 2. The van der Waals surface area contributed by atoms with Gasteiger partial charge in [0.2, 0.25) is 5.95 Å². The van der Waals surface area contributed by atoms with Gasteiger partial charge in [-0.2, -0.15) is 18.2 Å². The minimum atomic E-state index is -4.53. The standard InChI is InChI=1S/C13H20F3N5/c1-12(2)5-3-4-8(7-12)18-10-6-9(13(14,15)16)19-11(20-10)21-17/h6,8H,3-5,7,17H2,1-2H3,(H2,18,19,20,21). The molecule has 0 amide bonds. The third kappa shape index (κ3) is 4.20. The van der Waals surface area contributed by atoms with E-state index in [0.29, 0.717) is 0 Å². The third-order valence-corrected chi connectivity index (χ3v) is 3.70. The Bertz CT molecular complexity index is 501. The Labute approximate surface area is 121 Å². The number of anilines is 2. The summed E-state index contributed by atoms with van der Waals surface area (Å²) >= 11 is 0. The lowest BCUT2D eigenvalue weighted by Crippen LogP contribution is -2.32. The van der Waals surface area contributed by atoms with E-state index in [1.165, 1.54) is 0 Å². The molecule has 1 atom stereocenters. The van der Waals surface area contributed by atoms with Gasteiger partial charge >= 0.3 is 6.18 Å². The van der Waals surface area contributed by atoms with Gasteiger partial charge in [0, 0.05) is 12.1 Å². The largest absolute Gasteiger partial charge is 0.433 e. The van der Waals surface area contributed by atoms with E-state index < -0.39 is 11.9 Å². The van der Waals surface area contributed by atoms with Gasteiger partial charge < -0.3 is 5.32 Å². The van der Waals surface area contributed by atoms with Gasteiger partial charge in [0.1, 0.15) is 5.82 Å². The average Bonchev–Trinajstić information content (AvgIpc) is 2.36. The highest BCUT2D eigenvalue weighted by atomic mass is 19.4. The van der Waals surface area contributed by atoms with Gasteiger partial charge in [0.25, 0.3) is 0 Å². The molecule has 2 rings (SSSR count). The molecule has 1 saturated carbocycles. The van der Waals surface area contributed by atoms with Gasteiger partial charge in [0.15, 0.2) is 5.69 Å². The van der Waals surface area contributed by atoms with E-state index in [-0.39, 0.29) is 23.2 Å². The molecule has 0 saturated heterocycles. The van der Waals surface area contributed by atoms with Crippen LogP contribution in [0.1, 0.15) is 45.2 Å². The van der Waals surface area contributed by atoms with E-state index in [1.807, 2.05) is 0 Å². The highest BCUT2D eigenvalue weighted by molar-refractivity contribution is 5.43. The van der Waals surface area contributed by atoms with E-state index in [1.54, 1.807) is 0 Å². The van der Waals surface area contributed by atoms with Crippen molar-refractivity contribution in [3.8, 4) is 0 Å². The van der Waals surface area contributed by atoms with Crippen LogP contribution in [0.5, 0.6) is 0 Å². The number of nitrogens with two attached hydrogens (primary N) is 1. The maximum atomic E-state index is 12.8. The minimum absolute atomic E-state index is 0.107. The quantitative estimate of drug-likeness (QED) is 0.590. The van der Waals surface area contributed by atoms with Crippen molar-refractivity contribution in [2.45, 2.75) is 51.7 Å². The molecule has 0 spiro atoms. The van der Waals surface area contributed by atoms with Crippen LogP contribution in [0.4, 0.5) is 24.9 Å². The molecule has 1 unspecified atom stereocenters. The molecule has 0 aliphatic heterocycles. The van der Waals surface area contributed by atoms with Crippen LogP contribution in [0.2, 0.25) is 0 Å². The van der Waals surface area contributed by atoms with Gasteiger partial charge in [-0.05, 0) is 24.7 Å². The fraction of sp³-hybridized carbons (Fsp3) is 0.692. The molecule has 5 nitrogen and oxygen atoms in total. The summed E-state index contributed by atoms with van der Waals surface area (Å²) in [4.78, 5) is 7.28. The van der Waals surface area contributed by atoms with Gasteiger partial charge in [-0.25, -0.2) is 10.8 Å². The number of nitrogens with zero attached hydrogens (tertiary/aromatic N) is 2. The van der Waals surface area contributed by atoms with Crippen LogP contribution >= 0.6 is 0 Å². The number of nitrogens with one attached hydrogen (secondary N) is 2. The summed E-state index contributed by atoms with van der Waals surface area (Å²) in [6, 6.07) is 1.03. The molecular weight excluding hydrogens is 283 g/mol. The lowest BCUT2D eigenvalue weighted by Gasteiger charge is -2.35. The van der Waals surface area contributed by atoms with E-state index in [9.17, 15) is 13.2 Å². The van der Waals surface area contributed by atoms with Gasteiger partial charge in [-0.3, -0.25) is 5.43 Å². The first-order valence-corrected chi connectivity index (χ1v) is 6.89. The second-order valence-corrected chi connectivity index (χ2v) is 6.21. The summed E-state index contributed by atoms with van der Waals surface area (Å²) in [5.74, 6) is 5.04. The highest BCUT2D eigenvalue weighted by Gasteiger charge is 2.34. The molecule has 1 aromatic rings. The molecule has 118 valence electrons. The second-order valence-electron chi connectivity index (χ2n) is 6.21. The lowest BCUT2D eigenvalue weighted by atomic mass is 9.75. The number of alkyl halides is 3. The summed E-state index contributed by atoms with van der Waals surface area (Å²) in [6.07, 6.45) is -0.553. The molecule has 8 heteroatoms. The van der Waals surface area contributed by atoms with Crippen LogP contribution in [0, 0.1) is 5.41 Å². The normalized spacial score (nSPS) is 21.9. The Hall–Kier alpha value is -1.57. The van der Waals surface area contributed by atoms with Crippen LogP contribution in [0.15, 0.2) is 6.07 Å². The smallest absolute Gasteiger partial charge is 0.367 e. The van der Waals surface area contributed by atoms with Crippen molar-refractivity contribution in [3.05, 3.63) is 11.8 Å². The summed E-state index contributed by atoms with van der Waals surface area (Å²) < 4.78 is 38.4. The number of halogens is 3. The minimum Gasteiger partial charge on any atom is -0.367 e. The summed E-state index contributed by atoms with van der Waals surface area (Å²) in [5, 5.41) is 3.08. The van der Waals surface area contributed by atoms with E-state index in [2.05, 4.69) is 34.6 Å². The molecule has 0 aromatic carbocycles. The van der Waals surface area contributed by atoms with Gasteiger partial charge in [0.05, 0.1) is 0 Å². The Morgan fingerprint density at radius 1 is 1.33 bits per heavy atom. The number of rotatable bonds is 3. The maximum Gasteiger partial charge on any atom is 0.433 e. The van der Waals surface area contributed by atoms with Crippen molar-refractivity contribution in [1.29, 1.82) is 0 Å². The van der Waals surface area contributed by atoms with Crippen LogP contribution in [0.25, 0.3) is 0 Å². The topological polar surface area (TPSA) is 75.9 Å². The molecule has 1 aromatic heterocycles. The predicted molar refractivity (Wildman–Crippen MR) is 74.5 cm³/mol. The zero-order chi connectivity index (χ0) is 15.7. The molecule has 21 heavy (non-hydrogen) atoms. The summed E-state index contributed by atoms with van der Waals surface area (Å²) in [6.45, 7) is 4.32. The number of nitrogen functional groups attached to an aromatic ring is 1. The van der Waals surface area contributed by atoms with Crippen molar-refractivity contribution in [2.75, 3.05) is 10.7 Å². The Balaban J connectivity index is 2.19. The molecule has 0 bridgehead atoms. The molecule has 1 aliphatic rings. The molecule has 4 N–H and O–H groups in total. The van der Waals surface area contributed by atoms with Crippen LogP contribution < -0.4 is 16.6 Å². The monoisotopic (exact) mass is 303 g/mol. The van der Waals surface area contributed by atoms with Crippen LogP contribution in [-0.4, -0.2) is 16.0 Å². The zero-order valence-electron chi connectivity index (χ0n) is 12.1. The molecule has 0 radical (unpaired) electrons. The van der Waals surface area contributed by atoms with Crippen LogP contribution in [-0.2, 0) is 6.18 Å². The first-order chi connectivity index (χ1) is 9.69. The van der Waals surface area contributed by atoms with Crippen molar-refractivity contribution in [1.82, 2.24) is 9.97 Å². The lowest BCUT2D eigenvalue weighted by molar-refractivity contribution is -0.141. The van der Waals surface area contributed by atoms with Crippen molar-refractivity contribution < 1.29 is 13.2 Å². The van der Waals surface area contributed by atoms with E-state index in [0.717, 1.165) is 31.7 Å². The third-order valence-electron chi connectivity index (χ3n) is 3.70. The molecule has 1 fully saturated rings. The molecule has 1 heterocycles. The van der Waals surface area contributed by atoms with E-state index >= 15 is 0 Å². The molecular formula is C13H20F3N5. The summed E-state index contributed by atoms with van der Waals surface area (Å²) in [7, 11) is 0. The number of hydrogen-bond donors (Lipinski definition) is 3. The first kappa shape index (κ1) is 15.8. The van der Waals surface area contributed by atoms with Crippen molar-refractivity contribution in [2.24, 2.45) is 11.3 Å². The Morgan fingerprint density at radius 2 is 2.05 bits per heavy atom. The van der Waals surface area contributed by atoms with Crippen LogP contribution in [0.3, 0.4) is 0 Å². The Morgan fingerprint density at radius 3 is 2.62 bits per heavy atom. The van der Waals surface area contributed by atoms with Crippen molar-refractivity contribution in [3.63, 3.8) is 0 Å². The number of hydrogen-bond acceptors (Lipinski definition) is 5. The van der Waals surface area contributed by atoms with E-state index in [4.69, 9.17) is 5.84 Å². The summed E-state index contributed by atoms with van der Waals surface area (Å²) in [5.41, 5.74) is 1.25. The second kappa shape index (κ2) is 5.67. The van der Waals surface area contributed by atoms with Crippen molar-refractivity contribution >= 4 is 11.8 Å². The Kier molecular flexibility index (Phi) is 4.27. The fourth-order valence-electron chi connectivity index (χ4n) is 2.76. The zero-order valence-corrected chi connectivity index (χ0v) is 12.1. The number of hydrazine groups is 1. The average molecular weight is 303 g/mol. The van der Waals surface area contributed by atoms with Gasteiger partial charge in [-0.15, -0.1) is 0 Å². The maximum absolute atomic E-state index is 12.8. The fourth-order valence-corrected chi connectivity index (χ4v) is 2.76.